The van der Waals surface area contributed by atoms with Gasteiger partial charge in [-0.15, -0.1) is 22.7 Å². The van der Waals surface area contributed by atoms with Crippen molar-refractivity contribution < 1.29 is 4.79 Å². The molecule has 0 saturated carbocycles. The SMILES string of the molecule is Cc1ccccc1C1c2ccsc2CCN1C(=O)c1cccs1. The second-order valence-electron chi connectivity index (χ2n) is 5.78. The van der Waals surface area contributed by atoms with E-state index in [2.05, 4.69) is 42.6 Å². The summed E-state index contributed by atoms with van der Waals surface area (Å²) in [6, 6.07) is 14.5. The van der Waals surface area contributed by atoms with Crippen LogP contribution >= 0.6 is 22.7 Å². The lowest BCUT2D eigenvalue weighted by atomic mass is 9.90. The third-order valence-corrected chi connectivity index (χ3v) is 6.30. The molecular formula is C19H17NOS2. The molecule has 116 valence electrons. The van der Waals surface area contributed by atoms with Crippen molar-refractivity contribution >= 4 is 28.6 Å². The topological polar surface area (TPSA) is 20.3 Å². The van der Waals surface area contributed by atoms with Crippen molar-refractivity contribution in [2.45, 2.75) is 19.4 Å². The van der Waals surface area contributed by atoms with Crippen molar-refractivity contribution in [1.82, 2.24) is 4.90 Å². The van der Waals surface area contributed by atoms with Crippen LogP contribution in [0.3, 0.4) is 0 Å². The molecule has 0 saturated heterocycles. The summed E-state index contributed by atoms with van der Waals surface area (Å²) in [7, 11) is 0. The fourth-order valence-corrected chi connectivity index (χ4v) is 4.89. The molecule has 1 aliphatic heterocycles. The number of carbonyl (C=O) groups excluding carboxylic acids is 1. The van der Waals surface area contributed by atoms with E-state index in [-0.39, 0.29) is 11.9 Å². The average molecular weight is 339 g/mol. The Morgan fingerprint density at radius 3 is 2.70 bits per heavy atom. The highest BCUT2D eigenvalue weighted by Crippen LogP contribution is 2.39. The first kappa shape index (κ1) is 14.7. The lowest BCUT2D eigenvalue weighted by Crippen LogP contribution is -2.40. The summed E-state index contributed by atoms with van der Waals surface area (Å²) < 4.78 is 0. The van der Waals surface area contributed by atoms with Crippen molar-refractivity contribution in [3.63, 3.8) is 0 Å². The molecule has 2 nitrogen and oxygen atoms in total. The van der Waals surface area contributed by atoms with Crippen LogP contribution in [0.4, 0.5) is 0 Å². The van der Waals surface area contributed by atoms with Crippen LogP contribution in [0.5, 0.6) is 0 Å². The normalized spacial score (nSPS) is 17.1. The van der Waals surface area contributed by atoms with Gasteiger partial charge < -0.3 is 4.90 Å². The molecule has 1 unspecified atom stereocenters. The number of nitrogens with zero attached hydrogens (tertiary/aromatic N) is 1. The molecule has 0 aliphatic carbocycles. The third-order valence-electron chi connectivity index (χ3n) is 4.44. The number of fused-ring (bicyclic) bond motifs is 1. The number of hydrogen-bond acceptors (Lipinski definition) is 3. The number of benzene rings is 1. The van der Waals surface area contributed by atoms with E-state index >= 15 is 0 Å². The van der Waals surface area contributed by atoms with E-state index in [1.807, 2.05) is 22.4 Å². The van der Waals surface area contributed by atoms with Gasteiger partial charge in [-0.05, 0) is 52.9 Å². The Morgan fingerprint density at radius 2 is 1.91 bits per heavy atom. The first-order valence-corrected chi connectivity index (χ1v) is 9.48. The van der Waals surface area contributed by atoms with Crippen molar-refractivity contribution in [1.29, 1.82) is 0 Å². The molecule has 1 amide bonds. The maximum absolute atomic E-state index is 13.0. The first-order chi connectivity index (χ1) is 11.3. The van der Waals surface area contributed by atoms with Gasteiger partial charge >= 0.3 is 0 Å². The van der Waals surface area contributed by atoms with Crippen LogP contribution in [0.1, 0.15) is 37.3 Å². The summed E-state index contributed by atoms with van der Waals surface area (Å²) in [4.78, 5) is 17.3. The highest BCUT2D eigenvalue weighted by molar-refractivity contribution is 7.12. The number of rotatable bonds is 2. The van der Waals surface area contributed by atoms with Gasteiger partial charge in [0, 0.05) is 11.4 Å². The number of hydrogen-bond donors (Lipinski definition) is 0. The summed E-state index contributed by atoms with van der Waals surface area (Å²) >= 11 is 3.33. The minimum Gasteiger partial charge on any atom is -0.326 e. The second kappa shape index (κ2) is 5.95. The van der Waals surface area contributed by atoms with Crippen LogP contribution in [0, 0.1) is 6.92 Å². The third kappa shape index (κ3) is 2.52. The highest BCUT2D eigenvalue weighted by atomic mass is 32.1. The number of aryl methyl sites for hydroxylation is 1. The molecule has 1 atom stereocenters. The Balaban J connectivity index is 1.83. The summed E-state index contributed by atoms with van der Waals surface area (Å²) in [5.74, 6) is 0.144. The zero-order valence-electron chi connectivity index (χ0n) is 12.9. The molecule has 0 bridgehead atoms. The Kier molecular flexibility index (Phi) is 3.79. The van der Waals surface area contributed by atoms with Crippen molar-refractivity contribution in [2.75, 3.05) is 6.54 Å². The fourth-order valence-electron chi connectivity index (χ4n) is 3.31. The monoisotopic (exact) mass is 339 g/mol. The molecule has 1 aromatic carbocycles. The zero-order chi connectivity index (χ0) is 15.8. The van der Waals surface area contributed by atoms with Crippen molar-refractivity contribution in [3.8, 4) is 0 Å². The summed E-state index contributed by atoms with van der Waals surface area (Å²) in [5.41, 5.74) is 3.76. The van der Waals surface area contributed by atoms with E-state index in [4.69, 9.17) is 0 Å². The Hall–Kier alpha value is -1.91. The lowest BCUT2D eigenvalue weighted by molar-refractivity contribution is 0.0701. The number of amides is 1. The Morgan fingerprint density at radius 1 is 1.04 bits per heavy atom. The maximum atomic E-state index is 13.0. The molecular weight excluding hydrogens is 322 g/mol. The number of thiophene rings is 2. The van der Waals surface area contributed by atoms with Crippen molar-refractivity contribution in [3.05, 3.63) is 79.7 Å². The van der Waals surface area contributed by atoms with Gasteiger partial charge in [-0.25, -0.2) is 0 Å². The minimum absolute atomic E-state index is 0.0285. The molecule has 0 fully saturated rings. The molecule has 1 aliphatic rings. The zero-order valence-corrected chi connectivity index (χ0v) is 14.5. The van der Waals surface area contributed by atoms with Gasteiger partial charge in [-0.2, -0.15) is 0 Å². The Labute approximate surface area is 144 Å². The smallest absolute Gasteiger partial charge is 0.264 e. The van der Waals surface area contributed by atoms with Crippen LogP contribution in [0.15, 0.2) is 53.2 Å². The molecule has 0 radical (unpaired) electrons. The van der Waals surface area contributed by atoms with Gasteiger partial charge in [-0.3, -0.25) is 4.79 Å². The maximum Gasteiger partial charge on any atom is 0.264 e. The van der Waals surface area contributed by atoms with Gasteiger partial charge in [-0.1, -0.05) is 30.3 Å². The predicted molar refractivity (Wildman–Crippen MR) is 96.4 cm³/mol. The van der Waals surface area contributed by atoms with Gasteiger partial charge in [0.05, 0.1) is 10.9 Å². The van der Waals surface area contributed by atoms with E-state index in [1.54, 1.807) is 11.3 Å². The van der Waals surface area contributed by atoms with Crippen molar-refractivity contribution in [2.24, 2.45) is 0 Å². The predicted octanol–water partition coefficient (Wildman–Crippen LogP) is 4.91. The fraction of sp³-hybridized carbons (Fsp3) is 0.211. The summed E-state index contributed by atoms with van der Waals surface area (Å²) in [6.07, 6.45) is 0.951. The molecule has 4 rings (SSSR count). The highest BCUT2D eigenvalue weighted by Gasteiger charge is 2.34. The summed E-state index contributed by atoms with van der Waals surface area (Å²) in [6.45, 7) is 2.91. The van der Waals surface area contributed by atoms with E-state index in [0.717, 1.165) is 17.8 Å². The van der Waals surface area contributed by atoms with Gasteiger partial charge in [0.25, 0.3) is 5.91 Å². The molecule has 0 spiro atoms. The molecule has 2 aromatic heterocycles. The quantitative estimate of drug-likeness (QED) is 0.650. The van der Waals surface area contributed by atoms with E-state index < -0.39 is 0 Å². The van der Waals surface area contributed by atoms with E-state index in [0.29, 0.717) is 0 Å². The van der Waals surface area contributed by atoms with Crippen LogP contribution in [-0.4, -0.2) is 17.4 Å². The van der Waals surface area contributed by atoms with E-state index in [9.17, 15) is 4.79 Å². The molecule has 3 aromatic rings. The van der Waals surface area contributed by atoms with Gasteiger partial charge in [0.1, 0.15) is 0 Å². The summed E-state index contributed by atoms with van der Waals surface area (Å²) in [5, 5.41) is 4.12. The van der Waals surface area contributed by atoms with Crippen LogP contribution in [-0.2, 0) is 6.42 Å². The molecule has 4 heteroatoms. The van der Waals surface area contributed by atoms with Crippen LogP contribution < -0.4 is 0 Å². The minimum atomic E-state index is 0.0285. The van der Waals surface area contributed by atoms with Crippen LogP contribution in [0.25, 0.3) is 0 Å². The van der Waals surface area contributed by atoms with E-state index in [1.165, 1.54) is 32.9 Å². The first-order valence-electron chi connectivity index (χ1n) is 7.72. The van der Waals surface area contributed by atoms with Crippen LogP contribution in [0.2, 0.25) is 0 Å². The molecule has 23 heavy (non-hydrogen) atoms. The number of carbonyl (C=O) groups is 1. The lowest BCUT2D eigenvalue weighted by Gasteiger charge is -2.36. The molecule has 0 N–H and O–H groups in total. The Bertz CT molecular complexity index is 835. The molecule has 3 heterocycles. The largest absolute Gasteiger partial charge is 0.326 e. The van der Waals surface area contributed by atoms with Gasteiger partial charge in [0.15, 0.2) is 0 Å². The standard InChI is InChI=1S/C19H17NOS2/c1-13-5-2-3-6-14(13)18-15-9-12-23-16(15)8-10-20(18)19(21)17-7-4-11-22-17/h2-7,9,11-12,18H,8,10H2,1H3. The average Bonchev–Trinajstić information content (AvgIpc) is 3.25. The van der Waals surface area contributed by atoms with Gasteiger partial charge in [0.2, 0.25) is 0 Å². The second-order valence-corrected chi connectivity index (χ2v) is 7.73.